The first-order chi connectivity index (χ1) is 11.6. The van der Waals surface area contributed by atoms with E-state index in [1.54, 1.807) is 18.2 Å². The van der Waals surface area contributed by atoms with E-state index in [1.807, 2.05) is 0 Å². The van der Waals surface area contributed by atoms with Crippen molar-refractivity contribution in [3.63, 3.8) is 0 Å². The van der Waals surface area contributed by atoms with E-state index >= 15 is 0 Å². The molecule has 2 N–H and O–H groups in total. The number of amides is 1. The van der Waals surface area contributed by atoms with Gasteiger partial charge in [-0.05, 0) is 12.1 Å². The van der Waals surface area contributed by atoms with Crippen LogP contribution in [0.15, 0.2) is 18.2 Å². The molecule has 0 aliphatic heterocycles. The molecule has 9 nitrogen and oxygen atoms in total. The molecule has 1 aromatic rings. The number of ether oxygens (including phenoxy) is 2. The Balaban J connectivity index is 3.06. The van der Waals surface area contributed by atoms with Crippen molar-refractivity contribution in [1.82, 2.24) is 9.62 Å². The number of nitrogens with one attached hydrogen (secondary N) is 1. The Morgan fingerprint density at radius 2 is 1.92 bits per heavy atom. The van der Waals surface area contributed by atoms with Gasteiger partial charge in [0.1, 0.15) is 11.5 Å². The highest BCUT2D eigenvalue weighted by atomic mass is 32.2. The molecular formula is C15H22N2O7S. The number of benzene rings is 1. The van der Waals surface area contributed by atoms with Crippen molar-refractivity contribution in [3.05, 3.63) is 23.8 Å². The first-order valence-corrected chi connectivity index (χ1v) is 9.07. The van der Waals surface area contributed by atoms with Crippen LogP contribution in [-0.4, -0.2) is 63.8 Å². The zero-order chi connectivity index (χ0) is 19.2. The molecule has 0 radical (unpaired) electrons. The highest BCUT2D eigenvalue weighted by Gasteiger charge is 2.24. The van der Waals surface area contributed by atoms with Crippen LogP contribution in [0, 0.1) is 0 Å². The summed E-state index contributed by atoms with van der Waals surface area (Å²) in [6, 6.07) is 3.88. The first kappa shape index (κ1) is 20.7. The van der Waals surface area contributed by atoms with Gasteiger partial charge in [-0.2, -0.15) is 4.31 Å². The maximum Gasteiger partial charge on any atom is 0.305 e. The molecular weight excluding hydrogens is 352 g/mol. The molecule has 25 heavy (non-hydrogen) atoms. The predicted molar refractivity (Wildman–Crippen MR) is 90.2 cm³/mol. The molecule has 1 rings (SSSR count). The monoisotopic (exact) mass is 374 g/mol. The fourth-order valence-electron chi connectivity index (χ4n) is 2.08. The minimum atomic E-state index is -3.53. The molecule has 0 fully saturated rings. The van der Waals surface area contributed by atoms with E-state index in [0.717, 1.165) is 10.6 Å². The lowest BCUT2D eigenvalue weighted by Gasteiger charge is -2.22. The van der Waals surface area contributed by atoms with E-state index in [2.05, 4.69) is 5.32 Å². The number of carboxylic acids is 1. The first-order valence-electron chi connectivity index (χ1n) is 7.22. The normalized spacial score (nSPS) is 12.5. The van der Waals surface area contributed by atoms with Crippen molar-refractivity contribution in [2.45, 2.75) is 12.5 Å². The van der Waals surface area contributed by atoms with Gasteiger partial charge >= 0.3 is 5.97 Å². The average Bonchev–Trinajstić information content (AvgIpc) is 2.52. The summed E-state index contributed by atoms with van der Waals surface area (Å²) >= 11 is 0. The standard InChI is InChI=1S/C15H22N2O7S/c1-17(25(4,21)22)9-14(18)16-12(8-15(19)20)11-6-5-10(23-2)7-13(11)24-3/h5-7,12H,8-9H2,1-4H3,(H,16,18)(H,19,20). The van der Waals surface area contributed by atoms with Crippen LogP contribution >= 0.6 is 0 Å². The summed E-state index contributed by atoms with van der Waals surface area (Å²) in [5.41, 5.74) is 0.445. The van der Waals surface area contributed by atoms with Crippen LogP contribution in [0.3, 0.4) is 0 Å². The van der Waals surface area contributed by atoms with Crippen LogP contribution < -0.4 is 14.8 Å². The number of nitrogens with zero attached hydrogens (tertiary/aromatic N) is 1. The molecule has 0 saturated heterocycles. The number of methoxy groups -OCH3 is 2. The molecule has 10 heteroatoms. The van der Waals surface area contributed by atoms with Gasteiger partial charge in [-0.1, -0.05) is 0 Å². The van der Waals surface area contributed by atoms with Crippen molar-refractivity contribution in [2.24, 2.45) is 0 Å². The number of hydrogen-bond donors (Lipinski definition) is 2. The second-order valence-corrected chi connectivity index (χ2v) is 7.43. The molecule has 1 aromatic carbocycles. The Hall–Kier alpha value is -2.33. The molecule has 0 aliphatic rings. The van der Waals surface area contributed by atoms with Gasteiger partial charge in [-0.25, -0.2) is 8.42 Å². The van der Waals surface area contributed by atoms with Gasteiger partial charge in [0.05, 0.1) is 39.5 Å². The topological polar surface area (TPSA) is 122 Å². The van der Waals surface area contributed by atoms with Crippen LogP contribution in [0.5, 0.6) is 11.5 Å². The Kier molecular flexibility index (Phi) is 7.19. The third-order valence-electron chi connectivity index (χ3n) is 3.46. The molecule has 0 saturated carbocycles. The minimum Gasteiger partial charge on any atom is -0.497 e. The van der Waals surface area contributed by atoms with Crippen LogP contribution in [0.1, 0.15) is 18.0 Å². The van der Waals surface area contributed by atoms with Crippen LogP contribution in [-0.2, 0) is 19.6 Å². The number of aliphatic carboxylic acids is 1. The molecule has 1 atom stereocenters. The van der Waals surface area contributed by atoms with E-state index in [-0.39, 0.29) is 0 Å². The summed E-state index contributed by atoms with van der Waals surface area (Å²) in [7, 11) is 0.621. The highest BCUT2D eigenvalue weighted by Crippen LogP contribution is 2.31. The van der Waals surface area contributed by atoms with Crippen LogP contribution in [0.2, 0.25) is 0 Å². The number of hydrogen-bond acceptors (Lipinski definition) is 6. The van der Waals surface area contributed by atoms with Gasteiger partial charge in [0, 0.05) is 18.7 Å². The third-order valence-corrected chi connectivity index (χ3v) is 4.72. The molecule has 0 bridgehead atoms. The summed E-state index contributed by atoms with van der Waals surface area (Å²) in [5.74, 6) is -0.892. The number of carbonyl (C=O) groups excluding carboxylic acids is 1. The van der Waals surface area contributed by atoms with Crippen LogP contribution in [0.25, 0.3) is 0 Å². The SMILES string of the molecule is COc1ccc(C(CC(=O)O)NC(=O)CN(C)S(C)(=O)=O)c(OC)c1. The van der Waals surface area contributed by atoms with E-state index in [1.165, 1.54) is 21.3 Å². The summed E-state index contributed by atoms with van der Waals surface area (Å²) in [6.45, 7) is -0.423. The quantitative estimate of drug-likeness (QED) is 0.634. The number of likely N-dealkylation sites (N-methyl/N-ethyl adjacent to an activating group) is 1. The van der Waals surface area contributed by atoms with E-state index in [0.29, 0.717) is 17.1 Å². The molecule has 0 heterocycles. The Labute approximate surface area is 146 Å². The van der Waals surface area contributed by atoms with Crippen molar-refractivity contribution >= 4 is 21.9 Å². The smallest absolute Gasteiger partial charge is 0.305 e. The Bertz CT molecular complexity index is 733. The van der Waals surface area contributed by atoms with Gasteiger partial charge < -0.3 is 19.9 Å². The number of carbonyl (C=O) groups is 2. The summed E-state index contributed by atoms with van der Waals surface area (Å²) in [5, 5.41) is 11.6. The minimum absolute atomic E-state index is 0.349. The zero-order valence-corrected chi connectivity index (χ0v) is 15.3. The Morgan fingerprint density at radius 1 is 1.28 bits per heavy atom. The number of carboxylic acid groups (broad SMARTS) is 1. The maximum absolute atomic E-state index is 12.1. The summed E-state index contributed by atoms with van der Waals surface area (Å²) in [4.78, 5) is 23.3. The van der Waals surface area contributed by atoms with Gasteiger partial charge in [-0.3, -0.25) is 9.59 Å². The highest BCUT2D eigenvalue weighted by molar-refractivity contribution is 7.88. The van der Waals surface area contributed by atoms with Gasteiger partial charge in [-0.15, -0.1) is 0 Å². The second-order valence-electron chi connectivity index (χ2n) is 5.34. The van der Waals surface area contributed by atoms with Crippen molar-refractivity contribution in [2.75, 3.05) is 34.1 Å². The predicted octanol–water partition coefficient (Wildman–Crippen LogP) is 0.227. The van der Waals surface area contributed by atoms with Crippen LogP contribution in [0.4, 0.5) is 0 Å². The van der Waals surface area contributed by atoms with Crippen molar-refractivity contribution in [3.8, 4) is 11.5 Å². The molecule has 1 amide bonds. The lowest BCUT2D eigenvalue weighted by atomic mass is 10.0. The molecule has 0 spiro atoms. The third kappa shape index (κ3) is 6.24. The fraction of sp³-hybridized carbons (Fsp3) is 0.467. The van der Waals surface area contributed by atoms with Gasteiger partial charge in [0.15, 0.2) is 0 Å². The van der Waals surface area contributed by atoms with E-state index in [4.69, 9.17) is 14.6 Å². The van der Waals surface area contributed by atoms with Gasteiger partial charge in [0.2, 0.25) is 15.9 Å². The lowest BCUT2D eigenvalue weighted by Crippen LogP contribution is -2.40. The zero-order valence-electron chi connectivity index (χ0n) is 14.5. The summed E-state index contributed by atoms with van der Waals surface area (Å²) < 4.78 is 34.0. The summed E-state index contributed by atoms with van der Waals surface area (Å²) in [6.07, 6.45) is 0.582. The van der Waals surface area contributed by atoms with E-state index in [9.17, 15) is 18.0 Å². The van der Waals surface area contributed by atoms with E-state index < -0.39 is 40.9 Å². The largest absolute Gasteiger partial charge is 0.497 e. The lowest BCUT2D eigenvalue weighted by molar-refractivity contribution is -0.137. The number of rotatable bonds is 9. The molecule has 140 valence electrons. The van der Waals surface area contributed by atoms with Crippen molar-refractivity contribution in [1.29, 1.82) is 0 Å². The fourth-order valence-corrected chi connectivity index (χ4v) is 2.43. The molecule has 0 aromatic heterocycles. The average molecular weight is 374 g/mol. The maximum atomic E-state index is 12.1. The number of sulfonamides is 1. The van der Waals surface area contributed by atoms with Gasteiger partial charge in [0.25, 0.3) is 0 Å². The molecule has 0 aliphatic carbocycles. The Morgan fingerprint density at radius 3 is 2.40 bits per heavy atom. The molecule has 1 unspecified atom stereocenters. The second kappa shape index (κ2) is 8.67. The van der Waals surface area contributed by atoms with Crippen molar-refractivity contribution < 1.29 is 32.6 Å².